The number of carbonyl (C=O) groups is 1. The Balaban J connectivity index is 2.30. The van der Waals surface area contributed by atoms with Crippen LogP contribution in [-0.2, 0) is 0 Å². The van der Waals surface area contributed by atoms with Crippen molar-refractivity contribution >= 4 is 40.5 Å². The lowest BCUT2D eigenvalue weighted by Crippen LogP contribution is -2.15. The van der Waals surface area contributed by atoms with Gasteiger partial charge in [0, 0.05) is 24.6 Å². The molecule has 2 rings (SSSR count). The maximum absolute atomic E-state index is 13.3. The number of aromatic nitrogens is 1. The van der Waals surface area contributed by atoms with Crippen LogP contribution in [0.4, 0.5) is 15.8 Å². The molecule has 0 fully saturated rings. The normalized spacial score (nSPS) is 10.3. The molecule has 1 amide bonds. The van der Waals surface area contributed by atoms with Crippen molar-refractivity contribution < 1.29 is 9.18 Å². The summed E-state index contributed by atoms with van der Waals surface area (Å²) in [6.07, 6.45) is 1.46. The summed E-state index contributed by atoms with van der Waals surface area (Å²) in [5, 5.41) is 5.21. The molecular weight excluding hydrogens is 316 g/mol. The molecule has 0 bridgehead atoms. The van der Waals surface area contributed by atoms with Gasteiger partial charge in [0.1, 0.15) is 0 Å². The van der Waals surface area contributed by atoms with Crippen LogP contribution in [0.2, 0.25) is 10.0 Å². The van der Waals surface area contributed by atoms with E-state index in [1.807, 2.05) is 6.92 Å². The van der Waals surface area contributed by atoms with Gasteiger partial charge >= 0.3 is 0 Å². The molecule has 0 atom stereocenters. The number of halogens is 3. The predicted molar refractivity (Wildman–Crippen MR) is 82.9 cm³/mol. The van der Waals surface area contributed by atoms with E-state index >= 15 is 0 Å². The molecule has 0 saturated carbocycles. The van der Waals surface area contributed by atoms with Crippen molar-refractivity contribution in [1.82, 2.24) is 4.98 Å². The van der Waals surface area contributed by atoms with Gasteiger partial charge in [-0.05, 0) is 25.1 Å². The van der Waals surface area contributed by atoms with E-state index in [0.29, 0.717) is 16.9 Å². The zero-order chi connectivity index (χ0) is 15.6. The molecule has 1 heterocycles. The number of aryl methyl sites for hydroxylation is 1. The molecule has 21 heavy (non-hydrogen) atoms. The van der Waals surface area contributed by atoms with Gasteiger partial charge in [-0.3, -0.25) is 9.78 Å². The van der Waals surface area contributed by atoms with Crippen molar-refractivity contribution in [3.05, 3.63) is 51.5 Å². The lowest BCUT2D eigenvalue weighted by Gasteiger charge is -2.11. The smallest absolute Gasteiger partial charge is 0.259 e. The Morgan fingerprint density at radius 2 is 1.86 bits per heavy atom. The Morgan fingerprint density at radius 1 is 1.24 bits per heavy atom. The molecule has 2 aromatic rings. The lowest BCUT2D eigenvalue weighted by atomic mass is 10.2. The van der Waals surface area contributed by atoms with Crippen LogP contribution in [0.5, 0.6) is 0 Å². The van der Waals surface area contributed by atoms with Crippen molar-refractivity contribution in [3.63, 3.8) is 0 Å². The molecule has 0 radical (unpaired) electrons. The third-order valence-corrected chi connectivity index (χ3v) is 3.35. The summed E-state index contributed by atoms with van der Waals surface area (Å²) in [6, 6.07) is 4.34. The number of rotatable bonds is 3. The van der Waals surface area contributed by atoms with Gasteiger partial charge in [0.15, 0.2) is 5.82 Å². The number of nitrogens with zero attached hydrogens (tertiary/aromatic N) is 1. The van der Waals surface area contributed by atoms with E-state index < -0.39 is 11.7 Å². The van der Waals surface area contributed by atoms with Crippen LogP contribution in [-0.4, -0.2) is 17.9 Å². The van der Waals surface area contributed by atoms with E-state index in [2.05, 4.69) is 15.6 Å². The fourth-order valence-electron chi connectivity index (χ4n) is 1.77. The quantitative estimate of drug-likeness (QED) is 0.833. The van der Waals surface area contributed by atoms with Gasteiger partial charge in [-0.1, -0.05) is 23.2 Å². The van der Waals surface area contributed by atoms with Crippen LogP contribution in [0.1, 0.15) is 16.1 Å². The Bertz CT molecular complexity index is 684. The molecular formula is C14H12Cl2FN3O. The van der Waals surface area contributed by atoms with Crippen LogP contribution in [0.15, 0.2) is 24.4 Å². The topological polar surface area (TPSA) is 54.0 Å². The highest BCUT2D eigenvalue weighted by atomic mass is 35.5. The van der Waals surface area contributed by atoms with Gasteiger partial charge in [0.05, 0.1) is 21.3 Å². The molecule has 0 spiro atoms. The summed E-state index contributed by atoms with van der Waals surface area (Å²) in [5.74, 6) is -1.12. The van der Waals surface area contributed by atoms with Crippen molar-refractivity contribution in [3.8, 4) is 0 Å². The second kappa shape index (κ2) is 6.28. The summed E-state index contributed by atoms with van der Waals surface area (Å²) in [7, 11) is 1.71. The Labute approximate surface area is 131 Å². The highest BCUT2D eigenvalue weighted by Gasteiger charge is 2.14. The first-order valence-electron chi connectivity index (χ1n) is 6.02. The summed E-state index contributed by atoms with van der Waals surface area (Å²) in [4.78, 5) is 16.3. The Kier molecular flexibility index (Phi) is 4.65. The maximum Gasteiger partial charge on any atom is 0.259 e. The number of hydrogen-bond acceptors (Lipinski definition) is 3. The minimum atomic E-state index is -0.718. The monoisotopic (exact) mass is 327 g/mol. The average Bonchev–Trinajstić information content (AvgIpc) is 2.44. The maximum atomic E-state index is 13.3. The van der Waals surface area contributed by atoms with Crippen molar-refractivity contribution in [2.75, 3.05) is 17.7 Å². The molecule has 0 aliphatic carbocycles. The van der Waals surface area contributed by atoms with Gasteiger partial charge in [0.2, 0.25) is 0 Å². The molecule has 0 aliphatic heterocycles. The standard InChI is InChI=1S/C14H12Cl2FN3O/c1-7-3-12(18-2)9(6-19-7)14(21)20-8-4-10(15)13(17)11(16)5-8/h3-6H,1-2H3,(H,18,19)(H,20,21). The van der Waals surface area contributed by atoms with Gasteiger partial charge in [-0.25, -0.2) is 4.39 Å². The minimum absolute atomic E-state index is 0.159. The van der Waals surface area contributed by atoms with Crippen LogP contribution in [0, 0.1) is 12.7 Å². The molecule has 0 aliphatic rings. The first-order chi connectivity index (χ1) is 9.92. The molecule has 1 aromatic heterocycles. The highest BCUT2D eigenvalue weighted by Crippen LogP contribution is 2.28. The van der Waals surface area contributed by atoms with Crippen molar-refractivity contribution in [2.24, 2.45) is 0 Å². The first-order valence-corrected chi connectivity index (χ1v) is 6.78. The fraction of sp³-hybridized carbons (Fsp3) is 0.143. The Hall–Kier alpha value is -1.85. The number of pyridine rings is 1. The Morgan fingerprint density at radius 3 is 2.43 bits per heavy atom. The van der Waals surface area contributed by atoms with Gasteiger partial charge in [-0.15, -0.1) is 0 Å². The molecule has 0 saturated heterocycles. The number of carbonyl (C=O) groups excluding carboxylic acids is 1. The number of amides is 1. The molecule has 7 heteroatoms. The van der Waals surface area contributed by atoms with E-state index in [9.17, 15) is 9.18 Å². The molecule has 2 N–H and O–H groups in total. The first kappa shape index (κ1) is 15.5. The molecule has 1 aromatic carbocycles. The SMILES string of the molecule is CNc1cc(C)ncc1C(=O)Nc1cc(Cl)c(F)c(Cl)c1. The van der Waals surface area contributed by atoms with Crippen LogP contribution in [0.3, 0.4) is 0 Å². The second-order valence-corrected chi connectivity index (χ2v) is 5.14. The summed E-state index contributed by atoms with van der Waals surface area (Å²) >= 11 is 11.4. The van der Waals surface area contributed by atoms with E-state index in [-0.39, 0.29) is 10.0 Å². The molecule has 0 unspecified atom stereocenters. The van der Waals surface area contributed by atoms with Crippen molar-refractivity contribution in [1.29, 1.82) is 0 Å². The van der Waals surface area contributed by atoms with Crippen LogP contribution < -0.4 is 10.6 Å². The molecule has 110 valence electrons. The second-order valence-electron chi connectivity index (χ2n) is 4.33. The third-order valence-electron chi connectivity index (χ3n) is 2.80. The highest BCUT2D eigenvalue weighted by molar-refractivity contribution is 6.35. The van der Waals surface area contributed by atoms with E-state index in [1.54, 1.807) is 13.1 Å². The van der Waals surface area contributed by atoms with Gasteiger partial charge in [0.25, 0.3) is 5.91 Å². The predicted octanol–water partition coefficient (Wildman–Crippen LogP) is 4.13. The number of benzene rings is 1. The summed E-state index contributed by atoms with van der Waals surface area (Å²) < 4.78 is 13.3. The summed E-state index contributed by atoms with van der Waals surface area (Å²) in [5.41, 5.74) is 2.08. The van der Waals surface area contributed by atoms with Crippen LogP contribution in [0.25, 0.3) is 0 Å². The number of nitrogens with one attached hydrogen (secondary N) is 2. The van der Waals surface area contributed by atoms with E-state index in [1.165, 1.54) is 18.3 Å². The van der Waals surface area contributed by atoms with Gasteiger partial charge in [-0.2, -0.15) is 0 Å². The van der Waals surface area contributed by atoms with E-state index in [0.717, 1.165) is 5.69 Å². The van der Waals surface area contributed by atoms with Crippen molar-refractivity contribution in [2.45, 2.75) is 6.92 Å². The summed E-state index contributed by atoms with van der Waals surface area (Å²) in [6.45, 7) is 1.82. The zero-order valence-electron chi connectivity index (χ0n) is 11.3. The fourth-order valence-corrected chi connectivity index (χ4v) is 2.26. The van der Waals surface area contributed by atoms with Gasteiger partial charge < -0.3 is 10.6 Å². The number of anilines is 2. The number of hydrogen-bond donors (Lipinski definition) is 2. The third kappa shape index (κ3) is 3.43. The average molecular weight is 328 g/mol. The largest absolute Gasteiger partial charge is 0.387 e. The van der Waals surface area contributed by atoms with Crippen LogP contribution >= 0.6 is 23.2 Å². The van der Waals surface area contributed by atoms with E-state index in [4.69, 9.17) is 23.2 Å². The minimum Gasteiger partial charge on any atom is -0.387 e. The molecule has 4 nitrogen and oxygen atoms in total. The lowest BCUT2D eigenvalue weighted by molar-refractivity contribution is 0.102. The zero-order valence-corrected chi connectivity index (χ0v) is 12.8.